The highest BCUT2D eigenvalue weighted by molar-refractivity contribution is 7.89. The topological polar surface area (TPSA) is 49.4 Å². The van der Waals surface area contributed by atoms with E-state index in [9.17, 15) is 8.42 Å². The van der Waals surface area contributed by atoms with Gasteiger partial charge < -0.3 is 5.32 Å². The number of nitrogens with one attached hydrogen (secondary N) is 1. The second kappa shape index (κ2) is 6.91. The van der Waals surface area contributed by atoms with Crippen LogP contribution in [-0.2, 0) is 10.0 Å². The molecule has 0 bridgehead atoms. The molecule has 1 unspecified atom stereocenters. The number of benzene rings is 1. The summed E-state index contributed by atoms with van der Waals surface area (Å²) in [6.07, 6.45) is 3.09. The molecule has 0 fully saturated rings. The maximum Gasteiger partial charge on any atom is 0.244 e. The summed E-state index contributed by atoms with van der Waals surface area (Å²) in [7, 11) is -0.303. The van der Waals surface area contributed by atoms with Crippen LogP contribution in [0.2, 0.25) is 0 Å². The summed E-state index contributed by atoms with van der Waals surface area (Å²) in [6, 6.07) is 7.40. The highest BCUT2D eigenvalue weighted by Gasteiger charge is 2.21. The van der Waals surface area contributed by atoms with Crippen LogP contribution in [0, 0.1) is 0 Å². The quantitative estimate of drug-likeness (QED) is 0.837. The van der Waals surface area contributed by atoms with E-state index in [0.717, 1.165) is 19.3 Å². The lowest BCUT2D eigenvalue weighted by molar-refractivity contribution is 0.520. The molecular weight excluding hydrogens is 260 g/mol. The molecule has 0 amide bonds. The SMILES string of the molecule is CCCC(CC)Nc1ccccc1S(=O)(=O)N(C)C. The van der Waals surface area contributed by atoms with Gasteiger partial charge in [0, 0.05) is 20.1 Å². The van der Waals surface area contributed by atoms with E-state index in [2.05, 4.69) is 19.2 Å². The van der Waals surface area contributed by atoms with Crippen LogP contribution in [0.25, 0.3) is 0 Å². The summed E-state index contributed by atoms with van der Waals surface area (Å²) in [4.78, 5) is 0.342. The first kappa shape index (κ1) is 16.0. The standard InChI is InChI=1S/C14H24N2O2S/c1-5-9-12(6-2)15-13-10-7-8-11-14(13)19(17,18)16(3)4/h7-8,10-12,15H,5-6,9H2,1-4H3. The van der Waals surface area contributed by atoms with Crippen molar-refractivity contribution in [1.29, 1.82) is 0 Å². The van der Waals surface area contributed by atoms with Crippen LogP contribution in [0.5, 0.6) is 0 Å². The summed E-state index contributed by atoms with van der Waals surface area (Å²) in [5.74, 6) is 0. The van der Waals surface area contributed by atoms with Gasteiger partial charge in [-0.3, -0.25) is 0 Å². The van der Waals surface area contributed by atoms with E-state index in [1.807, 2.05) is 12.1 Å². The molecule has 5 heteroatoms. The highest BCUT2D eigenvalue weighted by Crippen LogP contribution is 2.24. The van der Waals surface area contributed by atoms with Gasteiger partial charge in [-0.2, -0.15) is 0 Å². The largest absolute Gasteiger partial charge is 0.381 e. The van der Waals surface area contributed by atoms with E-state index in [4.69, 9.17) is 0 Å². The van der Waals surface area contributed by atoms with Crippen LogP contribution in [0.3, 0.4) is 0 Å². The molecule has 0 aliphatic rings. The molecule has 1 rings (SSSR count). The predicted octanol–water partition coefficient (Wildman–Crippen LogP) is 2.93. The lowest BCUT2D eigenvalue weighted by Crippen LogP contribution is -2.25. The van der Waals surface area contributed by atoms with Crippen LogP contribution >= 0.6 is 0 Å². The van der Waals surface area contributed by atoms with Crippen LogP contribution in [0.4, 0.5) is 5.69 Å². The minimum absolute atomic E-state index is 0.309. The van der Waals surface area contributed by atoms with Gasteiger partial charge in [0.15, 0.2) is 0 Å². The molecule has 0 aliphatic heterocycles. The molecule has 0 aliphatic carbocycles. The maximum atomic E-state index is 12.3. The first-order valence-corrected chi connectivity index (χ1v) is 8.15. The molecular formula is C14H24N2O2S. The van der Waals surface area contributed by atoms with Crippen LogP contribution in [0.15, 0.2) is 29.2 Å². The molecule has 1 N–H and O–H groups in total. The van der Waals surface area contributed by atoms with Crippen molar-refractivity contribution < 1.29 is 8.42 Å². The van der Waals surface area contributed by atoms with Crippen LogP contribution in [0.1, 0.15) is 33.1 Å². The van der Waals surface area contributed by atoms with E-state index in [1.54, 1.807) is 26.2 Å². The molecule has 19 heavy (non-hydrogen) atoms. The lowest BCUT2D eigenvalue weighted by Gasteiger charge is -2.21. The monoisotopic (exact) mass is 284 g/mol. The van der Waals surface area contributed by atoms with Crippen molar-refractivity contribution >= 4 is 15.7 Å². The van der Waals surface area contributed by atoms with E-state index < -0.39 is 10.0 Å². The van der Waals surface area contributed by atoms with Crippen molar-refractivity contribution in [1.82, 2.24) is 4.31 Å². The summed E-state index contributed by atoms with van der Waals surface area (Å²) < 4.78 is 25.8. The molecule has 1 atom stereocenters. The second-order valence-electron chi connectivity index (χ2n) is 4.82. The van der Waals surface area contributed by atoms with Crippen molar-refractivity contribution in [2.75, 3.05) is 19.4 Å². The van der Waals surface area contributed by atoms with Gasteiger partial charge in [-0.05, 0) is 25.0 Å². The van der Waals surface area contributed by atoms with Gasteiger partial charge in [0.1, 0.15) is 4.90 Å². The Hall–Kier alpha value is -1.07. The normalized spacial score (nSPS) is 13.5. The number of hydrogen-bond acceptors (Lipinski definition) is 3. The molecule has 4 nitrogen and oxygen atoms in total. The fraction of sp³-hybridized carbons (Fsp3) is 0.571. The van der Waals surface area contributed by atoms with Crippen molar-refractivity contribution in [3.63, 3.8) is 0 Å². The molecule has 0 heterocycles. The predicted molar refractivity (Wildman–Crippen MR) is 79.9 cm³/mol. The van der Waals surface area contributed by atoms with Gasteiger partial charge in [-0.1, -0.05) is 32.4 Å². The van der Waals surface area contributed by atoms with Gasteiger partial charge in [-0.25, -0.2) is 12.7 Å². The first-order chi connectivity index (χ1) is 8.93. The Morgan fingerprint density at radius 2 is 1.84 bits per heavy atom. The molecule has 0 saturated heterocycles. The Kier molecular flexibility index (Phi) is 5.82. The zero-order valence-corrected chi connectivity index (χ0v) is 13.0. The zero-order chi connectivity index (χ0) is 14.5. The van der Waals surface area contributed by atoms with Gasteiger partial charge in [0.25, 0.3) is 0 Å². The Morgan fingerprint density at radius 3 is 2.37 bits per heavy atom. The van der Waals surface area contributed by atoms with Gasteiger partial charge >= 0.3 is 0 Å². The Balaban J connectivity index is 3.09. The summed E-state index contributed by atoms with van der Waals surface area (Å²) >= 11 is 0. The van der Waals surface area contributed by atoms with Crippen LogP contribution < -0.4 is 5.32 Å². The average molecular weight is 284 g/mol. The molecule has 0 aromatic heterocycles. The first-order valence-electron chi connectivity index (χ1n) is 6.71. The third-order valence-electron chi connectivity index (χ3n) is 3.14. The number of hydrogen-bond donors (Lipinski definition) is 1. The molecule has 1 aromatic rings. The minimum atomic E-state index is -3.41. The Bertz CT molecular complexity index is 498. The minimum Gasteiger partial charge on any atom is -0.381 e. The van der Waals surface area contributed by atoms with Crippen molar-refractivity contribution in [2.45, 2.75) is 44.0 Å². The maximum absolute atomic E-state index is 12.3. The highest BCUT2D eigenvalue weighted by atomic mass is 32.2. The summed E-state index contributed by atoms with van der Waals surface area (Å²) in [5.41, 5.74) is 0.691. The molecule has 1 aromatic carbocycles. The van der Waals surface area contributed by atoms with Crippen molar-refractivity contribution in [3.05, 3.63) is 24.3 Å². The zero-order valence-electron chi connectivity index (χ0n) is 12.2. The van der Waals surface area contributed by atoms with Gasteiger partial charge in [0.2, 0.25) is 10.0 Å². The number of sulfonamides is 1. The van der Waals surface area contributed by atoms with E-state index >= 15 is 0 Å². The number of nitrogens with zero attached hydrogens (tertiary/aromatic N) is 1. The third-order valence-corrected chi connectivity index (χ3v) is 5.01. The fourth-order valence-electron chi connectivity index (χ4n) is 1.95. The van der Waals surface area contributed by atoms with E-state index in [0.29, 0.717) is 16.6 Å². The lowest BCUT2D eigenvalue weighted by atomic mass is 10.1. The van der Waals surface area contributed by atoms with Crippen molar-refractivity contribution in [2.24, 2.45) is 0 Å². The van der Waals surface area contributed by atoms with Gasteiger partial charge in [-0.15, -0.1) is 0 Å². The Labute approximate surface area is 116 Å². The summed E-state index contributed by atoms with van der Waals surface area (Å²) in [6.45, 7) is 4.24. The molecule has 108 valence electrons. The van der Waals surface area contributed by atoms with Gasteiger partial charge in [0.05, 0.1) is 5.69 Å². The fourth-order valence-corrected chi connectivity index (χ4v) is 3.00. The van der Waals surface area contributed by atoms with E-state index in [-0.39, 0.29) is 0 Å². The second-order valence-corrected chi connectivity index (χ2v) is 6.94. The smallest absolute Gasteiger partial charge is 0.244 e. The molecule has 0 spiro atoms. The van der Waals surface area contributed by atoms with Crippen LogP contribution in [-0.4, -0.2) is 32.9 Å². The third kappa shape index (κ3) is 3.94. The number of rotatable bonds is 7. The number of para-hydroxylation sites is 1. The number of anilines is 1. The van der Waals surface area contributed by atoms with Crippen molar-refractivity contribution in [3.8, 4) is 0 Å². The molecule has 0 radical (unpaired) electrons. The molecule has 0 saturated carbocycles. The summed E-state index contributed by atoms with van der Waals surface area (Å²) in [5, 5.41) is 3.35. The van der Waals surface area contributed by atoms with E-state index in [1.165, 1.54) is 4.31 Å². The Morgan fingerprint density at radius 1 is 1.21 bits per heavy atom. The average Bonchev–Trinajstić information content (AvgIpc) is 2.38.